The molecule has 0 aliphatic carbocycles. The molecule has 0 radical (unpaired) electrons. The minimum absolute atomic E-state index is 0.0669. The number of carbonyl (C=O) groups is 1. The number of nitrogens with zero attached hydrogens (tertiary/aromatic N) is 1. The topological polar surface area (TPSA) is 44.4 Å². The van der Waals surface area contributed by atoms with E-state index in [4.69, 9.17) is 0 Å². The maximum absolute atomic E-state index is 11.8. The molecule has 2 rings (SSSR count). The van der Waals surface area contributed by atoms with E-state index in [0.29, 0.717) is 6.04 Å². The molecule has 0 aromatic carbocycles. The van der Waals surface area contributed by atoms with Gasteiger partial charge in [0.25, 0.3) is 0 Å². The monoisotopic (exact) mass is 211 g/mol. The Bertz CT molecular complexity index is 226. The molecule has 1 amide bonds. The molecule has 0 bridgehead atoms. The molecule has 2 aliphatic rings. The summed E-state index contributed by atoms with van der Waals surface area (Å²) in [5.74, 6) is 0.202. The maximum atomic E-state index is 11.8. The highest BCUT2D eigenvalue weighted by atomic mass is 16.2. The van der Waals surface area contributed by atoms with E-state index >= 15 is 0 Å². The molecule has 2 unspecified atom stereocenters. The molecule has 2 N–H and O–H groups in total. The van der Waals surface area contributed by atoms with E-state index in [9.17, 15) is 4.79 Å². The third kappa shape index (κ3) is 2.92. The van der Waals surface area contributed by atoms with Gasteiger partial charge in [-0.2, -0.15) is 0 Å². The molecule has 0 aromatic heterocycles. The Morgan fingerprint density at radius 2 is 2.27 bits per heavy atom. The average Bonchev–Trinajstić information content (AvgIpc) is 2.70. The van der Waals surface area contributed by atoms with Gasteiger partial charge in [0, 0.05) is 12.6 Å². The molecule has 2 saturated heterocycles. The Kier molecular flexibility index (Phi) is 3.59. The Balaban J connectivity index is 1.77. The molecule has 0 spiro atoms. The second kappa shape index (κ2) is 4.94. The first kappa shape index (κ1) is 10.9. The van der Waals surface area contributed by atoms with Crippen molar-refractivity contribution in [3.8, 4) is 0 Å². The third-order valence-electron chi connectivity index (χ3n) is 3.35. The van der Waals surface area contributed by atoms with Crippen LogP contribution in [0, 0.1) is 0 Å². The quantitative estimate of drug-likeness (QED) is 0.673. The fourth-order valence-electron chi connectivity index (χ4n) is 2.49. The lowest BCUT2D eigenvalue weighted by molar-refractivity contribution is -0.123. The Morgan fingerprint density at radius 3 is 2.93 bits per heavy atom. The summed E-state index contributed by atoms with van der Waals surface area (Å²) >= 11 is 0. The summed E-state index contributed by atoms with van der Waals surface area (Å²) in [5, 5.41) is 6.38. The van der Waals surface area contributed by atoms with Gasteiger partial charge in [-0.25, -0.2) is 0 Å². The highest BCUT2D eigenvalue weighted by Gasteiger charge is 2.25. The van der Waals surface area contributed by atoms with Gasteiger partial charge in [0.05, 0.1) is 6.04 Å². The van der Waals surface area contributed by atoms with Gasteiger partial charge in [0.1, 0.15) is 0 Å². The summed E-state index contributed by atoms with van der Waals surface area (Å²) in [6.07, 6.45) is 4.44. The largest absolute Gasteiger partial charge is 0.351 e. The summed E-state index contributed by atoms with van der Waals surface area (Å²) in [6.45, 7) is 3.15. The molecule has 86 valence electrons. The van der Waals surface area contributed by atoms with Crippen molar-refractivity contribution in [2.45, 2.75) is 37.8 Å². The third-order valence-corrected chi connectivity index (χ3v) is 3.35. The van der Waals surface area contributed by atoms with Crippen molar-refractivity contribution in [2.75, 3.05) is 26.7 Å². The second-order valence-corrected chi connectivity index (χ2v) is 4.76. The zero-order chi connectivity index (χ0) is 10.7. The lowest BCUT2D eigenvalue weighted by Gasteiger charge is -2.30. The van der Waals surface area contributed by atoms with Crippen LogP contribution < -0.4 is 10.6 Å². The number of amides is 1. The predicted octanol–water partition coefficient (Wildman–Crippen LogP) is -0.0512. The Labute approximate surface area is 91.4 Å². The van der Waals surface area contributed by atoms with E-state index in [1.54, 1.807) is 0 Å². The lowest BCUT2D eigenvalue weighted by atomic mass is 10.1. The minimum atomic E-state index is 0.0669. The van der Waals surface area contributed by atoms with E-state index in [2.05, 4.69) is 22.6 Å². The number of nitrogens with one attached hydrogen (secondary N) is 2. The van der Waals surface area contributed by atoms with E-state index in [1.807, 2.05) is 0 Å². The van der Waals surface area contributed by atoms with E-state index in [1.165, 1.54) is 6.42 Å². The van der Waals surface area contributed by atoms with E-state index in [-0.39, 0.29) is 11.9 Å². The Hall–Kier alpha value is -0.610. The summed E-state index contributed by atoms with van der Waals surface area (Å²) in [6, 6.07) is 0.427. The zero-order valence-electron chi connectivity index (χ0n) is 9.46. The number of carbonyl (C=O) groups excluding carboxylic acids is 1. The number of hydrogen-bond donors (Lipinski definition) is 2. The van der Waals surface area contributed by atoms with Crippen molar-refractivity contribution in [2.24, 2.45) is 0 Å². The van der Waals surface area contributed by atoms with Crippen LogP contribution in [0.2, 0.25) is 0 Å². The van der Waals surface area contributed by atoms with Gasteiger partial charge in [0.15, 0.2) is 0 Å². The molecule has 4 heteroatoms. The number of piperidine rings is 1. The fourth-order valence-corrected chi connectivity index (χ4v) is 2.49. The zero-order valence-corrected chi connectivity index (χ0v) is 9.46. The molecular weight excluding hydrogens is 190 g/mol. The van der Waals surface area contributed by atoms with Gasteiger partial charge in [-0.3, -0.25) is 4.79 Å². The van der Waals surface area contributed by atoms with Crippen molar-refractivity contribution in [1.82, 2.24) is 15.5 Å². The fraction of sp³-hybridized carbons (Fsp3) is 0.909. The first-order valence-corrected chi connectivity index (χ1v) is 5.98. The van der Waals surface area contributed by atoms with E-state index < -0.39 is 0 Å². The van der Waals surface area contributed by atoms with Crippen molar-refractivity contribution < 1.29 is 4.79 Å². The van der Waals surface area contributed by atoms with Crippen LogP contribution in [0.5, 0.6) is 0 Å². The first-order chi connectivity index (χ1) is 7.25. The summed E-state index contributed by atoms with van der Waals surface area (Å²) in [5.41, 5.74) is 0. The molecule has 2 aliphatic heterocycles. The second-order valence-electron chi connectivity index (χ2n) is 4.76. The number of hydrogen-bond acceptors (Lipinski definition) is 3. The van der Waals surface area contributed by atoms with Crippen LogP contribution in [-0.4, -0.2) is 49.6 Å². The SMILES string of the molecule is CN1CCCC(NC(=O)C2CCCN2)C1. The number of likely N-dealkylation sites (tertiary alicyclic amines) is 1. The average molecular weight is 211 g/mol. The van der Waals surface area contributed by atoms with Gasteiger partial charge >= 0.3 is 0 Å². The van der Waals surface area contributed by atoms with Gasteiger partial charge in [-0.15, -0.1) is 0 Å². The van der Waals surface area contributed by atoms with Crippen LogP contribution in [-0.2, 0) is 4.79 Å². The van der Waals surface area contributed by atoms with Crippen molar-refractivity contribution in [3.05, 3.63) is 0 Å². The van der Waals surface area contributed by atoms with Crippen molar-refractivity contribution in [1.29, 1.82) is 0 Å². The molecule has 2 atom stereocenters. The van der Waals surface area contributed by atoms with Gasteiger partial charge in [0.2, 0.25) is 5.91 Å². The molecule has 2 fully saturated rings. The van der Waals surface area contributed by atoms with Crippen LogP contribution in [0.15, 0.2) is 0 Å². The smallest absolute Gasteiger partial charge is 0.237 e. The predicted molar refractivity (Wildman–Crippen MR) is 59.7 cm³/mol. The minimum Gasteiger partial charge on any atom is -0.351 e. The van der Waals surface area contributed by atoms with Gasteiger partial charge < -0.3 is 15.5 Å². The van der Waals surface area contributed by atoms with Crippen LogP contribution in [0.1, 0.15) is 25.7 Å². The standard InChI is InChI=1S/C11H21N3O/c1-14-7-3-4-9(8-14)13-11(15)10-5-2-6-12-10/h9-10,12H,2-8H2,1H3,(H,13,15). The van der Waals surface area contributed by atoms with Crippen molar-refractivity contribution >= 4 is 5.91 Å². The summed E-state index contributed by atoms with van der Waals surface area (Å²) < 4.78 is 0. The van der Waals surface area contributed by atoms with Crippen molar-refractivity contribution in [3.63, 3.8) is 0 Å². The Morgan fingerprint density at radius 1 is 1.40 bits per heavy atom. The molecular formula is C11H21N3O. The first-order valence-electron chi connectivity index (χ1n) is 5.98. The van der Waals surface area contributed by atoms with Crippen LogP contribution in [0.3, 0.4) is 0 Å². The van der Waals surface area contributed by atoms with Gasteiger partial charge in [-0.1, -0.05) is 0 Å². The van der Waals surface area contributed by atoms with Gasteiger partial charge in [-0.05, 0) is 45.8 Å². The van der Waals surface area contributed by atoms with Crippen LogP contribution >= 0.6 is 0 Å². The number of likely N-dealkylation sites (N-methyl/N-ethyl adjacent to an activating group) is 1. The maximum Gasteiger partial charge on any atom is 0.237 e. The molecule has 2 heterocycles. The summed E-state index contributed by atoms with van der Waals surface area (Å²) in [7, 11) is 2.12. The lowest BCUT2D eigenvalue weighted by Crippen LogP contribution is -2.50. The highest BCUT2D eigenvalue weighted by molar-refractivity contribution is 5.82. The highest BCUT2D eigenvalue weighted by Crippen LogP contribution is 2.10. The molecule has 4 nitrogen and oxygen atoms in total. The normalized spacial score (nSPS) is 32.9. The van der Waals surface area contributed by atoms with Crippen LogP contribution in [0.4, 0.5) is 0 Å². The van der Waals surface area contributed by atoms with Crippen LogP contribution in [0.25, 0.3) is 0 Å². The van der Waals surface area contributed by atoms with E-state index in [0.717, 1.165) is 38.9 Å². The summed E-state index contributed by atoms with van der Waals surface area (Å²) in [4.78, 5) is 14.1. The molecule has 15 heavy (non-hydrogen) atoms. The molecule has 0 saturated carbocycles. The number of rotatable bonds is 2. The molecule has 0 aromatic rings.